The molecule has 0 fully saturated rings. The fraction of sp³-hybridized carbons (Fsp3) is 0.444. The predicted octanol–water partition coefficient (Wildman–Crippen LogP) is 6.42. The molecule has 0 atom stereocenters. The number of hydrogen-bond donors (Lipinski definition) is 13. The van der Waals surface area contributed by atoms with Gasteiger partial charge in [0.1, 0.15) is 0 Å². The van der Waals surface area contributed by atoms with Crippen molar-refractivity contribution in [1.82, 2.24) is 69.1 Å². The normalized spacial score (nSPS) is 10.0. The van der Waals surface area contributed by atoms with Gasteiger partial charge in [-0.05, 0) is 199 Å². The summed E-state index contributed by atoms with van der Waals surface area (Å²) in [5.41, 5.74) is -0.725. The van der Waals surface area contributed by atoms with Crippen LogP contribution in [0.2, 0.25) is 0 Å². The van der Waals surface area contributed by atoms with Crippen molar-refractivity contribution in [3.63, 3.8) is 0 Å². The molecule has 0 spiro atoms. The van der Waals surface area contributed by atoms with E-state index in [1.165, 1.54) is 60.7 Å². The zero-order valence-corrected chi connectivity index (χ0v) is 77.4. The van der Waals surface area contributed by atoms with Crippen LogP contribution in [0.4, 0.5) is 0 Å². The molecule has 40 nitrogen and oxygen atoms in total. The van der Waals surface area contributed by atoms with Crippen molar-refractivity contribution < 1.29 is 129 Å². The Bertz CT molecular complexity index is 3620. The Morgan fingerprint density at radius 3 is 0.292 bits per heavy atom. The van der Waals surface area contributed by atoms with Gasteiger partial charge < -0.3 is 102 Å². The molecule has 5 rings (SSSR count). The second kappa shape index (κ2) is 61.0. The molecule has 130 heavy (non-hydrogen) atoms. The molecule has 710 valence electrons. The summed E-state index contributed by atoms with van der Waals surface area (Å²) in [4.78, 5) is 247. The van der Waals surface area contributed by atoms with Gasteiger partial charge in [0, 0.05) is 85.1 Å². The summed E-state index contributed by atoms with van der Waals surface area (Å²) in [5.74, 6) is -12.1. The summed E-state index contributed by atoms with van der Waals surface area (Å²) in [6, 6.07) is 12.3. The Kier molecular flexibility index (Phi) is 53.3. The lowest BCUT2D eigenvalue weighted by atomic mass is 9.95. The number of hydrogen-bond acceptors (Lipinski definition) is 27. The molecular weight excluding hydrogens is 1700 g/mol. The van der Waals surface area contributed by atoms with E-state index in [2.05, 4.69) is 69.1 Å². The summed E-state index contributed by atoms with van der Waals surface area (Å²) < 4.78 is 34.8. The van der Waals surface area contributed by atoms with Crippen LogP contribution in [0.15, 0.2) is 60.7 Å². The van der Waals surface area contributed by atoms with Gasteiger partial charge in [0.25, 0.3) is 76.8 Å². The molecule has 40 heteroatoms. The van der Waals surface area contributed by atoms with Crippen LogP contribution >= 0.6 is 0 Å². The van der Waals surface area contributed by atoms with Gasteiger partial charge in [0.2, 0.25) is 0 Å². The van der Waals surface area contributed by atoms with Crippen LogP contribution in [0.1, 0.15) is 346 Å². The molecule has 0 unspecified atom stereocenters. The van der Waals surface area contributed by atoms with Crippen molar-refractivity contribution in [3.05, 3.63) is 172 Å². The highest BCUT2D eigenvalue weighted by atomic mass is 16.6. The molecule has 5 aromatic rings. The molecule has 13 N–H and O–H groups in total. The van der Waals surface area contributed by atoms with E-state index >= 15 is 0 Å². The molecule has 0 aromatic heterocycles. The number of carbonyl (C=O) groups is 20. The third-order valence-corrected chi connectivity index (χ3v) is 16.8. The molecule has 0 heterocycles. The number of esters is 7. The number of carbonyl (C=O) groups excluding carboxylic acids is 20. The summed E-state index contributed by atoms with van der Waals surface area (Å²) >= 11 is 0. The van der Waals surface area contributed by atoms with E-state index in [4.69, 9.17) is 33.2 Å². The molecule has 5 aromatic carbocycles. The third-order valence-electron chi connectivity index (χ3n) is 16.8. The lowest BCUT2D eigenvalue weighted by Crippen LogP contribution is -2.33. The minimum absolute atomic E-state index is 0.00824. The van der Waals surface area contributed by atoms with Gasteiger partial charge in [-0.15, -0.1) is 0 Å². The molecular formula is C90H123N13O27. The molecule has 0 saturated heterocycles. The van der Waals surface area contributed by atoms with Crippen LogP contribution in [-0.2, 0) is 33.2 Å². The van der Waals surface area contributed by atoms with Crippen LogP contribution in [0.3, 0.4) is 0 Å². The lowest BCUT2D eigenvalue weighted by molar-refractivity contribution is 0.0478. The maximum atomic E-state index is 12.4. The van der Waals surface area contributed by atoms with E-state index in [-0.39, 0.29) is 158 Å². The van der Waals surface area contributed by atoms with E-state index in [0.717, 1.165) is 0 Å². The monoisotopic (exact) mass is 1820 g/mol. The van der Waals surface area contributed by atoms with Crippen LogP contribution in [-0.4, -0.2) is 250 Å². The van der Waals surface area contributed by atoms with Gasteiger partial charge in [0.15, 0.2) is 0 Å². The van der Waals surface area contributed by atoms with Gasteiger partial charge in [-0.25, -0.2) is 33.6 Å². The smallest absolute Gasteiger partial charge is 0.339 e. The van der Waals surface area contributed by atoms with E-state index in [0.29, 0.717) is 85.1 Å². The fourth-order valence-corrected chi connectivity index (χ4v) is 11.4. The van der Waals surface area contributed by atoms with E-state index in [9.17, 15) is 95.9 Å². The van der Waals surface area contributed by atoms with Crippen LogP contribution in [0.5, 0.6) is 0 Å². The molecule has 13 amide bonds. The molecule has 0 bridgehead atoms. The summed E-state index contributed by atoms with van der Waals surface area (Å²) in [7, 11) is 0. The Balaban J connectivity index is 0.000000812. The van der Waals surface area contributed by atoms with Crippen molar-refractivity contribution in [1.29, 1.82) is 0 Å². The SMILES string of the molecule is CCNC(=O)c1cc(C(=O)NCC)c(C(=O)NCC)cc1C(=O)NCC.CCNC(=O)c1cc(C(=O)NCC)c(C(=O)OCC)cc1C(=O)NCC.CCNC(=O)c1cc(C(=O)NCC)c(C(=O)OCC)cc1C(=O)OCC.CCNC(=O)c1cc(C(=O)OCC)c(C(=O)NCC)cc1C(=O)OCC.CCNC(=O)c1cc(C(=O)OCC)c(C(=O)OCC)cc1C(=O)NCC. The van der Waals surface area contributed by atoms with E-state index < -0.39 is 119 Å². The highest BCUT2D eigenvalue weighted by Crippen LogP contribution is 2.26. The first-order chi connectivity index (χ1) is 62.0. The molecule has 0 aliphatic heterocycles. The highest BCUT2D eigenvalue weighted by molar-refractivity contribution is 6.18. The first-order valence-electron chi connectivity index (χ1n) is 42.8. The van der Waals surface area contributed by atoms with Crippen LogP contribution in [0.25, 0.3) is 0 Å². The quantitative estimate of drug-likeness (QED) is 0.0149. The number of benzene rings is 5. The number of ether oxygens (including phenoxy) is 7. The standard InChI is InChI=1S/C18H26N4O4.C18H25N3O5.3C18H24N2O6/c1-5-19-15(23)11-9-13(17(25)21-7-3)14(18(26)22-8-4)10-12(11)16(24)20-6-2;1-5-19-15(22)11-9-13(17(24)21-7-3)14(18(25)26-8-4)10-12(11)16(23)20-6-2;1-5-19-15(21)11-9-14(18(24)26-8-4)12(16(22)20-6-2)10-13(11)17(23)25-7-3;1-5-19-15(21)11-9-13(17(23)25-7-3)14(18(24)26-8-4)10-12(11)16(22)20-6-2;1-5-19-15(21)11-9-12(16(22)20-6-2)14(18(24)26-8-4)10-13(11)17(23)25-7-3/h9-10H,5-8H2,1-4H3,(H,19,23)(H,20,24)(H,21,25)(H,22,26);9-10H,5-8H2,1-4H3,(H,19,22)(H,20,23)(H,21,24);3*9-10H,5-8H2,1-4H3,(H,19,21)(H,20,22). The second-order valence-electron chi connectivity index (χ2n) is 25.9. The number of nitrogens with one attached hydrogen (secondary N) is 13. The largest absolute Gasteiger partial charge is 0.462 e. The summed E-state index contributed by atoms with van der Waals surface area (Å²) in [6.07, 6.45) is 0. The topological polar surface area (TPSA) is 562 Å². The maximum absolute atomic E-state index is 12.4. The van der Waals surface area contributed by atoms with Gasteiger partial charge in [-0.1, -0.05) is 0 Å². The zero-order valence-electron chi connectivity index (χ0n) is 77.4. The summed E-state index contributed by atoms with van der Waals surface area (Å²) in [5, 5.41) is 33.7. The van der Waals surface area contributed by atoms with Gasteiger partial charge in [0.05, 0.1) is 158 Å². The highest BCUT2D eigenvalue weighted by Gasteiger charge is 2.33. The molecule has 0 saturated carbocycles. The first kappa shape index (κ1) is 114. The predicted molar refractivity (Wildman–Crippen MR) is 478 cm³/mol. The third kappa shape index (κ3) is 34.0. The van der Waals surface area contributed by atoms with Crippen molar-refractivity contribution in [2.75, 3.05) is 131 Å². The first-order valence-corrected chi connectivity index (χ1v) is 42.8. The minimum atomic E-state index is -0.774. The minimum Gasteiger partial charge on any atom is -0.462 e. The zero-order chi connectivity index (χ0) is 98.4. The van der Waals surface area contributed by atoms with Crippen LogP contribution in [0, 0.1) is 0 Å². The summed E-state index contributed by atoms with van der Waals surface area (Å²) in [6.45, 7) is 39.1. The van der Waals surface area contributed by atoms with E-state index in [1.807, 2.05) is 0 Å². The van der Waals surface area contributed by atoms with Crippen molar-refractivity contribution in [3.8, 4) is 0 Å². The molecule has 0 aliphatic rings. The van der Waals surface area contributed by atoms with Crippen molar-refractivity contribution in [2.24, 2.45) is 0 Å². The van der Waals surface area contributed by atoms with Crippen molar-refractivity contribution >= 4 is 119 Å². The fourth-order valence-electron chi connectivity index (χ4n) is 11.4. The van der Waals surface area contributed by atoms with Gasteiger partial charge in [-0.2, -0.15) is 0 Å². The Hall–Kier alpha value is -14.5. The Morgan fingerprint density at radius 2 is 0.208 bits per heavy atom. The van der Waals surface area contributed by atoms with Crippen molar-refractivity contribution in [2.45, 2.75) is 138 Å². The maximum Gasteiger partial charge on any atom is 0.339 e. The molecule has 0 radical (unpaired) electrons. The lowest BCUT2D eigenvalue weighted by Gasteiger charge is -2.15. The number of rotatable bonds is 40. The van der Waals surface area contributed by atoms with Gasteiger partial charge >= 0.3 is 41.8 Å². The Labute approximate surface area is 755 Å². The Morgan fingerprint density at radius 1 is 0.138 bits per heavy atom. The van der Waals surface area contributed by atoms with E-state index in [1.54, 1.807) is 138 Å². The number of amides is 13. The average Bonchev–Trinajstić information content (AvgIpc) is 0.811. The van der Waals surface area contributed by atoms with Gasteiger partial charge in [-0.3, -0.25) is 62.3 Å². The molecule has 0 aliphatic carbocycles. The van der Waals surface area contributed by atoms with Crippen LogP contribution < -0.4 is 69.1 Å². The average molecular weight is 1820 g/mol. The second-order valence-corrected chi connectivity index (χ2v) is 25.9.